The van der Waals surface area contributed by atoms with Crippen molar-refractivity contribution in [3.8, 4) is 0 Å². The van der Waals surface area contributed by atoms with Gasteiger partial charge in [-0.3, -0.25) is 9.78 Å². The van der Waals surface area contributed by atoms with Crippen LogP contribution in [0.25, 0.3) is 10.8 Å². The molecule has 0 aliphatic heterocycles. The summed E-state index contributed by atoms with van der Waals surface area (Å²) in [6.45, 7) is 0. The molecule has 16 heavy (non-hydrogen) atoms. The average Bonchev–Trinajstić information content (AvgIpc) is 3.13. The van der Waals surface area contributed by atoms with Crippen molar-refractivity contribution in [3.05, 3.63) is 42.2 Å². The van der Waals surface area contributed by atoms with Crippen LogP contribution in [0.2, 0.25) is 0 Å². The second-order valence-corrected chi connectivity index (χ2v) is 4.40. The van der Waals surface area contributed by atoms with Gasteiger partial charge in [0.15, 0.2) is 0 Å². The van der Waals surface area contributed by atoms with E-state index in [1.807, 2.05) is 24.3 Å². The lowest BCUT2D eigenvalue weighted by Gasteiger charge is -2.04. The lowest BCUT2D eigenvalue weighted by molar-refractivity contribution is -0.119. The van der Waals surface area contributed by atoms with E-state index in [-0.39, 0.29) is 0 Å². The van der Waals surface area contributed by atoms with Crippen LogP contribution in [0, 0.1) is 5.92 Å². The summed E-state index contributed by atoms with van der Waals surface area (Å²) in [7, 11) is 0. The van der Waals surface area contributed by atoms with Crippen molar-refractivity contribution in [1.29, 1.82) is 0 Å². The molecule has 0 amide bonds. The first-order valence-electron chi connectivity index (χ1n) is 5.70. The molecule has 0 saturated heterocycles. The molecule has 1 aromatic carbocycles. The van der Waals surface area contributed by atoms with Crippen molar-refractivity contribution in [2.75, 3.05) is 0 Å². The smallest absolute Gasteiger partial charge is 0.141 e. The minimum atomic E-state index is 0.320. The van der Waals surface area contributed by atoms with Gasteiger partial charge < -0.3 is 0 Å². The zero-order valence-corrected chi connectivity index (χ0v) is 9.02. The van der Waals surface area contributed by atoms with Crippen molar-refractivity contribution >= 4 is 16.6 Å². The number of carbonyl (C=O) groups is 1. The molecule has 1 heterocycles. The Balaban J connectivity index is 1.99. The predicted octanol–water partition coefficient (Wildman–Crippen LogP) is 2.76. The second-order valence-electron chi connectivity index (χ2n) is 4.40. The van der Waals surface area contributed by atoms with Gasteiger partial charge in [-0.15, -0.1) is 0 Å². The number of rotatable bonds is 3. The number of Topliss-reactive ketones (excluding diaryl/α,β-unsaturated/α-hetero) is 1. The van der Waals surface area contributed by atoms with Crippen molar-refractivity contribution in [2.45, 2.75) is 19.3 Å². The Morgan fingerprint density at radius 2 is 2.06 bits per heavy atom. The van der Waals surface area contributed by atoms with Crippen LogP contribution in [0.15, 0.2) is 36.5 Å². The standard InChI is InChI=1S/C14H13NO/c16-14(11-5-6-11)9-13-12-4-2-1-3-10(12)7-8-15-13/h1-4,7-8,11H,5-6,9H2. The Morgan fingerprint density at radius 3 is 2.88 bits per heavy atom. The first kappa shape index (κ1) is 9.52. The van der Waals surface area contributed by atoms with Gasteiger partial charge in [0.2, 0.25) is 0 Å². The topological polar surface area (TPSA) is 30.0 Å². The lowest BCUT2D eigenvalue weighted by Crippen LogP contribution is -2.06. The fourth-order valence-corrected chi connectivity index (χ4v) is 2.04. The van der Waals surface area contributed by atoms with Crippen LogP contribution in [0.1, 0.15) is 18.5 Å². The van der Waals surface area contributed by atoms with Crippen molar-refractivity contribution in [1.82, 2.24) is 4.98 Å². The molecule has 1 saturated carbocycles. The fourth-order valence-electron chi connectivity index (χ4n) is 2.04. The molecule has 2 heteroatoms. The van der Waals surface area contributed by atoms with Gasteiger partial charge in [-0.1, -0.05) is 24.3 Å². The van der Waals surface area contributed by atoms with Crippen LogP contribution in [0.3, 0.4) is 0 Å². The van der Waals surface area contributed by atoms with Crippen molar-refractivity contribution < 1.29 is 4.79 Å². The molecule has 0 atom stereocenters. The predicted molar refractivity (Wildman–Crippen MR) is 63.2 cm³/mol. The van der Waals surface area contributed by atoms with Crippen molar-refractivity contribution in [2.24, 2.45) is 5.92 Å². The highest BCUT2D eigenvalue weighted by atomic mass is 16.1. The molecular formula is C14H13NO. The number of ketones is 1. The molecule has 0 spiro atoms. The van der Waals surface area contributed by atoms with E-state index in [4.69, 9.17) is 0 Å². The SMILES string of the molecule is O=C(Cc1nccc2ccccc12)C1CC1. The van der Waals surface area contributed by atoms with Gasteiger partial charge in [-0.05, 0) is 24.3 Å². The molecule has 1 fully saturated rings. The number of carbonyl (C=O) groups excluding carboxylic acids is 1. The highest BCUT2D eigenvalue weighted by molar-refractivity contribution is 5.91. The molecule has 1 aliphatic rings. The Bertz CT molecular complexity index is 538. The van der Waals surface area contributed by atoms with E-state index in [0.29, 0.717) is 18.1 Å². The minimum Gasteiger partial charge on any atom is -0.299 e. The summed E-state index contributed by atoms with van der Waals surface area (Å²) in [5, 5.41) is 2.27. The normalized spacial score (nSPS) is 15.2. The minimum absolute atomic E-state index is 0.320. The monoisotopic (exact) mass is 211 g/mol. The van der Waals surface area contributed by atoms with Gasteiger partial charge in [-0.25, -0.2) is 0 Å². The lowest BCUT2D eigenvalue weighted by atomic mass is 10.0. The van der Waals surface area contributed by atoms with E-state index in [2.05, 4.69) is 11.1 Å². The number of aromatic nitrogens is 1. The molecule has 1 aliphatic carbocycles. The second kappa shape index (κ2) is 3.71. The quantitative estimate of drug-likeness (QED) is 0.781. The van der Waals surface area contributed by atoms with Gasteiger partial charge in [0.05, 0.1) is 5.69 Å². The third-order valence-electron chi connectivity index (χ3n) is 3.13. The number of nitrogens with zero attached hydrogens (tertiary/aromatic N) is 1. The largest absolute Gasteiger partial charge is 0.299 e. The molecule has 0 N–H and O–H groups in total. The molecule has 2 aromatic rings. The number of hydrogen-bond donors (Lipinski definition) is 0. The summed E-state index contributed by atoms with van der Waals surface area (Å²) in [5.41, 5.74) is 0.926. The summed E-state index contributed by atoms with van der Waals surface area (Å²) in [5.74, 6) is 0.671. The van der Waals surface area contributed by atoms with Gasteiger partial charge in [0.25, 0.3) is 0 Å². The van der Waals surface area contributed by atoms with Crippen LogP contribution in [-0.2, 0) is 11.2 Å². The van der Waals surface area contributed by atoms with Crippen LogP contribution in [0.5, 0.6) is 0 Å². The maximum absolute atomic E-state index is 11.8. The molecular weight excluding hydrogens is 198 g/mol. The number of fused-ring (bicyclic) bond motifs is 1. The molecule has 0 radical (unpaired) electrons. The van der Waals surface area contributed by atoms with Gasteiger partial charge in [-0.2, -0.15) is 0 Å². The average molecular weight is 211 g/mol. The summed E-state index contributed by atoms with van der Waals surface area (Å²) in [4.78, 5) is 16.1. The van der Waals surface area contributed by atoms with Gasteiger partial charge >= 0.3 is 0 Å². The first-order valence-corrected chi connectivity index (χ1v) is 5.70. The fraction of sp³-hybridized carbons (Fsp3) is 0.286. The molecule has 1 aromatic heterocycles. The van der Waals surface area contributed by atoms with E-state index >= 15 is 0 Å². The van der Waals surface area contributed by atoms with Crippen molar-refractivity contribution in [3.63, 3.8) is 0 Å². The van der Waals surface area contributed by atoms with Gasteiger partial charge in [0, 0.05) is 23.9 Å². The summed E-state index contributed by atoms with van der Waals surface area (Å²) in [6, 6.07) is 10.1. The Labute approximate surface area is 94.3 Å². The number of benzene rings is 1. The third kappa shape index (κ3) is 1.71. The Kier molecular flexibility index (Phi) is 2.21. The molecule has 0 unspecified atom stereocenters. The van der Waals surface area contributed by atoms with E-state index in [0.717, 1.165) is 29.3 Å². The third-order valence-corrected chi connectivity index (χ3v) is 3.13. The van der Waals surface area contributed by atoms with E-state index in [1.54, 1.807) is 6.20 Å². The first-order chi connectivity index (χ1) is 7.84. The summed E-state index contributed by atoms with van der Waals surface area (Å²) in [6.07, 6.45) is 4.43. The Morgan fingerprint density at radius 1 is 1.25 bits per heavy atom. The van der Waals surface area contributed by atoms with Gasteiger partial charge in [0.1, 0.15) is 5.78 Å². The molecule has 3 rings (SSSR count). The number of pyridine rings is 1. The van der Waals surface area contributed by atoms with Crippen LogP contribution in [-0.4, -0.2) is 10.8 Å². The van der Waals surface area contributed by atoms with E-state index < -0.39 is 0 Å². The maximum atomic E-state index is 11.8. The molecule has 2 nitrogen and oxygen atoms in total. The van der Waals surface area contributed by atoms with Crippen LogP contribution >= 0.6 is 0 Å². The Hall–Kier alpha value is -1.70. The van der Waals surface area contributed by atoms with Crippen LogP contribution in [0.4, 0.5) is 0 Å². The van der Waals surface area contributed by atoms with E-state index in [9.17, 15) is 4.79 Å². The zero-order valence-electron chi connectivity index (χ0n) is 9.02. The number of hydrogen-bond acceptors (Lipinski definition) is 2. The highest BCUT2D eigenvalue weighted by Gasteiger charge is 2.29. The van der Waals surface area contributed by atoms with Crippen LogP contribution < -0.4 is 0 Å². The highest BCUT2D eigenvalue weighted by Crippen LogP contribution is 2.31. The summed E-state index contributed by atoms with van der Waals surface area (Å²) < 4.78 is 0. The summed E-state index contributed by atoms with van der Waals surface area (Å²) >= 11 is 0. The zero-order chi connectivity index (χ0) is 11.0. The van der Waals surface area contributed by atoms with E-state index in [1.165, 1.54) is 0 Å². The maximum Gasteiger partial charge on any atom is 0.141 e. The molecule has 80 valence electrons. The molecule has 0 bridgehead atoms.